The lowest BCUT2D eigenvalue weighted by Gasteiger charge is -2.10. The van der Waals surface area contributed by atoms with Gasteiger partial charge in [0, 0.05) is 22.4 Å². The van der Waals surface area contributed by atoms with E-state index in [4.69, 9.17) is 0 Å². The highest BCUT2D eigenvalue weighted by molar-refractivity contribution is 9.10. The fraction of sp³-hybridized carbons (Fsp3) is 0.118. The number of nitrogens with zero attached hydrogens (tertiary/aromatic N) is 3. The van der Waals surface area contributed by atoms with Crippen LogP contribution in [0.25, 0.3) is 0 Å². The topological polar surface area (TPSA) is 62.7 Å². The summed E-state index contributed by atoms with van der Waals surface area (Å²) in [4.78, 5) is 13.2. The molecule has 2 heterocycles. The Morgan fingerprint density at radius 1 is 1.04 bits per heavy atom. The SMILES string of the molecule is Cc1cc(NCc2ccccn2)nc(Nc2ccccc2Br)n1. The Kier molecular flexibility index (Phi) is 4.83. The zero-order chi connectivity index (χ0) is 16.1. The van der Waals surface area contributed by atoms with Crippen LogP contribution in [0.5, 0.6) is 0 Å². The molecule has 0 saturated heterocycles. The van der Waals surface area contributed by atoms with Gasteiger partial charge in [0.1, 0.15) is 5.82 Å². The average molecular weight is 370 g/mol. The van der Waals surface area contributed by atoms with Crippen molar-refractivity contribution in [2.24, 2.45) is 0 Å². The molecule has 3 aromatic rings. The average Bonchev–Trinajstić information content (AvgIpc) is 2.56. The van der Waals surface area contributed by atoms with E-state index in [0.717, 1.165) is 27.4 Å². The van der Waals surface area contributed by atoms with Crippen LogP contribution in [0, 0.1) is 6.92 Å². The summed E-state index contributed by atoms with van der Waals surface area (Å²) >= 11 is 3.51. The fourth-order valence-electron chi connectivity index (χ4n) is 2.08. The molecule has 1 aromatic carbocycles. The molecule has 0 spiro atoms. The van der Waals surface area contributed by atoms with Gasteiger partial charge in [-0.15, -0.1) is 0 Å². The molecule has 0 aliphatic rings. The van der Waals surface area contributed by atoms with Crippen LogP contribution in [-0.4, -0.2) is 15.0 Å². The van der Waals surface area contributed by atoms with E-state index in [1.165, 1.54) is 0 Å². The molecule has 0 saturated carbocycles. The van der Waals surface area contributed by atoms with Gasteiger partial charge in [-0.05, 0) is 47.1 Å². The number of aryl methyl sites for hydroxylation is 1. The molecule has 0 radical (unpaired) electrons. The number of para-hydroxylation sites is 1. The number of rotatable bonds is 5. The summed E-state index contributed by atoms with van der Waals surface area (Å²) in [5.74, 6) is 1.32. The van der Waals surface area contributed by atoms with E-state index in [9.17, 15) is 0 Å². The van der Waals surface area contributed by atoms with Crippen LogP contribution in [0.3, 0.4) is 0 Å². The molecule has 5 nitrogen and oxygen atoms in total. The van der Waals surface area contributed by atoms with E-state index < -0.39 is 0 Å². The third kappa shape index (κ3) is 4.26. The molecule has 2 aromatic heterocycles. The van der Waals surface area contributed by atoms with Crippen LogP contribution >= 0.6 is 15.9 Å². The van der Waals surface area contributed by atoms with Gasteiger partial charge in [-0.3, -0.25) is 4.98 Å². The molecule has 23 heavy (non-hydrogen) atoms. The second-order valence-electron chi connectivity index (χ2n) is 5.00. The van der Waals surface area contributed by atoms with Gasteiger partial charge in [-0.2, -0.15) is 4.98 Å². The lowest BCUT2D eigenvalue weighted by Crippen LogP contribution is -2.06. The van der Waals surface area contributed by atoms with Crippen LogP contribution in [0.2, 0.25) is 0 Å². The van der Waals surface area contributed by atoms with Gasteiger partial charge >= 0.3 is 0 Å². The highest BCUT2D eigenvalue weighted by Gasteiger charge is 2.05. The van der Waals surface area contributed by atoms with Crippen LogP contribution in [0.1, 0.15) is 11.4 Å². The van der Waals surface area contributed by atoms with Gasteiger partial charge in [0.25, 0.3) is 0 Å². The summed E-state index contributed by atoms with van der Waals surface area (Å²) in [6.45, 7) is 2.56. The van der Waals surface area contributed by atoms with E-state index in [0.29, 0.717) is 12.5 Å². The molecule has 0 aliphatic carbocycles. The van der Waals surface area contributed by atoms with Gasteiger partial charge < -0.3 is 10.6 Å². The zero-order valence-corrected chi connectivity index (χ0v) is 14.2. The van der Waals surface area contributed by atoms with Crippen molar-refractivity contribution in [1.29, 1.82) is 0 Å². The van der Waals surface area contributed by atoms with E-state index in [1.54, 1.807) is 6.20 Å². The molecule has 0 fully saturated rings. The molecule has 0 bridgehead atoms. The summed E-state index contributed by atoms with van der Waals surface area (Å²) in [7, 11) is 0. The van der Waals surface area contributed by atoms with E-state index in [-0.39, 0.29) is 0 Å². The van der Waals surface area contributed by atoms with Crippen molar-refractivity contribution in [1.82, 2.24) is 15.0 Å². The Labute approximate surface area is 143 Å². The van der Waals surface area contributed by atoms with E-state index in [2.05, 4.69) is 41.5 Å². The lowest BCUT2D eigenvalue weighted by molar-refractivity contribution is 1.01. The molecule has 116 valence electrons. The van der Waals surface area contributed by atoms with Crippen LogP contribution < -0.4 is 10.6 Å². The standard InChI is InChI=1S/C17H16BrN5/c1-12-10-16(20-11-13-6-4-5-9-19-13)23-17(21-12)22-15-8-3-2-7-14(15)18/h2-10H,11H2,1H3,(H2,20,21,22,23). The second kappa shape index (κ2) is 7.19. The van der Waals surface area contributed by atoms with Crippen molar-refractivity contribution >= 4 is 33.4 Å². The van der Waals surface area contributed by atoms with Gasteiger partial charge in [0.15, 0.2) is 0 Å². The normalized spacial score (nSPS) is 10.3. The number of anilines is 3. The number of pyridine rings is 1. The molecule has 6 heteroatoms. The van der Waals surface area contributed by atoms with Gasteiger partial charge in [-0.1, -0.05) is 18.2 Å². The summed E-state index contributed by atoms with van der Waals surface area (Å²) in [5.41, 5.74) is 2.77. The van der Waals surface area contributed by atoms with Crippen molar-refractivity contribution < 1.29 is 0 Å². The predicted molar refractivity (Wildman–Crippen MR) is 95.8 cm³/mol. The number of hydrogen-bond donors (Lipinski definition) is 2. The van der Waals surface area contributed by atoms with Crippen molar-refractivity contribution in [2.45, 2.75) is 13.5 Å². The van der Waals surface area contributed by atoms with Gasteiger partial charge in [0.2, 0.25) is 5.95 Å². The first kappa shape index (κ1) is 15.4. The highest BCUT2D eigenvalue weighted by atomic mass is 79.9. The monoisotopic (exact) mass is 369 g/mol. The summed E-state index contributed by atoms with van der Waals surface area (Å²) in [5, 5.41) is 6.50. The number of halogens is 1. The molecule has 0 amide bonds. The number of nitrogens with one attached hydrogen (secondary N) is 2. The lowest BCUT2D eigenvalue weighted by atomic mass is 10.3. The first-order valence-corrected chi connectivity index (χ1v) is 8.01. The third-order valence-electron chi connectivity index (χ3n) is 3.15. The maximum absolute atomic E-state index is 4.50. The Bertz CT molecular complexity index is 792. The molecule has 3 rings (SSSR count). The maximum atomic E-state index is 4.50. The van der Waals surface area contributed by atoms with Crippen LogP contribution in [-0.2, 0) is 6.54 Å². The minimum Gasteiger partial charge on any atom is -0.364 e. The second-order valence-corrected chi connectivity index (χ2v) is 5.85. The Morgan fingerprint density at radius 3 is 2.65 bits per heavy atom. The van der Waals surface area contributed by atoms with Crippen molar-refractivity contribution in [3.63, 3.8) is 0 Å². The van der Waals surface area contributed by atoms with Crippen molar-refractivity contribution in [3.05, 3.63) is 70.6 Å². The number of benzene rings is 1. The quantitative estimate of drug-likeness (QED) is 0.701. The smallest absolute Gasteiger partial charge is 0.229 e. The van der Waals surface area contributed by atoms with Gasteiger partial charge in [0.05, 0.1) is 17.9 Å². The van der Waals surface area contributed by atoms with E-state index in [1.807, 2.05) is 55.5 Å². The Hall–Kier alpha value is -2.47. The van der Waals surface area contributed by atoms with Gasteiger partial charge in [-0.25, -0.2) is 4.98 Å². The molecular weight excluding hydrogens is 354 g/mol. The summed E-state index contributed by atoms with van der Waals surface area (Å²) in [6, 6.07) is 15.6. The Morgan fingerprint density at radius 2 is 1.87 bits per heavy atom. The number of hydrogen-bond acceptors (Lipinski definition) is 5. The fourth-order valence-corrected chi connectivity index (χ4v) is 2.47. The maximum Gasteiger partial charge on any atom is 0.229 e. The zero-order valence-electron chi connectivity index (χ0n) is 12.6. The minimum atomic E-state index is 0.556. The van der Waals surface area contributed by atoms with Crippen LogP contribution in [0.15, 0.2) is 59.2 Å². The van der Waals surface area contributed by atoms with Crippen LogP contribution in [0.4, 0.5) is 17.5 Å². The first-order valence-electron chi connectivity index (χ1n) is 7.22. The van der Waals surface area contributed by atoms with Crippen molar-refractivity contribution in [3.8, 4) is 0 Å². The largest absolute Gasteiger partial charge is 0.364 e. The van der Waals surface area contributed by atoms with E-state index >= 15 is 0 Å². The summed E-state index contributed by atoms with van der Waals surface area (Å²) in [6.07, 6.45) is 1.78. The molecule has 0 atom stereocenters. The molecule has 0 aliphatic heterocycles. The molecule has 2 N–H and O–H groups in total. The molecular formula is C17H16BrN5. The molecule has 0 unspecified atom stereocenters. The predicted octanol–water partition coefficient (Wildman–Crippen LogP) is 4.30. The number of aromatic nitrogens is 3. The Balaban J connectivity index is 1.75. The summed E-state index contributed by atoms with van der Waals surface area (Å²) < 4.78 is 0.966. The third-order valence-corrected chi connectivity index (χ3v) is 3.84. The van der Waals surface area contributed by atoms with Crippen molar-refractivity contribution in [2.75, 3.05) is 10.6 Å². The highest BCUT2D eigenvalue weighted by Crippen LogP contribution is 2.24. The first-order chi connectivity index (χ1) is 11.2. The minimum absolute atomic E-state index is 0.556.